The van der Waals surface area contributed by atoms with Crippen molar-refractivity contribution >= 4 is 17.5 Å². The van der Waals surface area contributed by atoms with Gasteiger partial charge >= 0.3 is 0 Å². The molecule has 1 heterocycles. The van der Waals surface area contributed by atoms with Crippen LogP contribution in [0.5, 0.6) is 0 Å². The predicted octanol–water partition coefficient (Wildman–Crippen LogP) is 3.35. The Hall–Kier alpha value is -2.01. The molecule has 0 saturated carbocycles. The molecule has 2 aromatic rings. The maximum atomic E-state index is 14.0. The fraction of sp³-hybridized carbons (Fsp3) is 0.143. The summed E-state index contributed by atoms with van der Waals surface area (Å²) >= 11 is 5.53. The average Bonchev–Trinajstić information content (AvgIpc) is 2.42. The molecule has 0 bridgehead atoms. The third-order valence-electron chi connectivity index (χ3n) is 2.89. The van der Waals surface area contributed by atoms with Crippen molar-refractivity contribution in [3.63, 3.8) is 0 Å². The smallest absolute Gasteiger partial charge is 0.253 e. The van der Waals surface area contributed by atoms with Gasteiger partial charge in [-0.05, 0) is 25.1 Å². The van der Waals surface area contributed by atoms with E-state index in [1.165, 1.54) is 19.3 Å². The van der Waals surface area contributed by atoms with Crippen molar-refractivity contribution in [2.75, 3.05) is 7.05 Å². The molecule has 0 unspecified atom stereocenters. The Morgan fingerprint density at radius 1 is 1.25 bits per heavy atom. The highest BCUT2D eigenvalue weighted by atomic mass is 35.5. The third-order valence-corrected chi connectivity index (χ3v) is 3.18. The van der Waals surface area contributed by atoms with Gasteiger partial charge in [-0.15, -0.1) is 0 Å². The van der Waals surface area contributed by atoms with Gasteiger partial charge in [0.25, 0.3) is 5.91 Å². The maximum Gasteiger partial charge on any atom is 0.253 e. The molecule has 0 spiro atoms. The standard InChI is InChI=1S/C14H11ClF2N2O/c1-7-13(14(20)18-2)8(3-4-19-7)9-5-12(17)10(15)6-11(9)16/h3-6H,1-2H3,(H,18,20). The van der Waals surface area contributed by atoms with Crippen molar-refractivity contribution in [1.82, 2.24) is 10.3 Å². The summed E-state index contributed by atoms with van der Waals surface area (Å²) in [6, 6.07) is 3.32. The molecule has 0 radical (unpaired) electrons. The van der Waals surface area contributed by atoms with E-state index in [4.69, 9.17) is 11.6 Å². The maximum absolute atomic E-state index is 14.0. The molecule has 2 rings (SSSR count). The van der Waals surface area contributed by atoms with Crippen LogP contribution in [0.1, 0.15) is 16.1 Å². The van der Waals surface area contributed by atoms with E-state index in [-0.39, 0.29) is 21.7 Å². The summed E-state index contributed by atoms with van der Waals surface area (Å²) in [7, 11) is 1.46. The third kappa shape index (κ3) is 2.49. The van der Waals surface area contributed by atoms with Gasteiger partial charge in [0, 0.05) is 24.4 Å². The van der Waals surface area contributed by atoms with Gasteiger partial charge in [0.1, 0.15) is 11.6 Å². The SMILES string of the molecule is CNC(=O)c1c(-c2cc(F)c(Cl)cc2F)ccnc1C. The molecular formula is C14H11ClF2N2O. The second kappa shape index (κ2) is 5.54. The second-order valence-electron chi connectivity index (χ2n) is 4.14. The van der Waals surface area contributed by atoms with Gasteiger partial charge < -0.3 is 5.32 Å². The fourth-order valence-electron chi connectivity index (χ4n) is 1.93. The zero-order valence-corrected chi connectivity index (χ0v) is 11.6. The molecule has 6 heteroatoms. The highest BCUT2D eigenvalue weighted by Gasteiger charge is 2.19. The van der Waals surface area contributed by atoms with Crippen LogP contribution in [-0.2, 0) is 0 Å². The summed E-state index contributed by atoms with van der Waals surface area (Å²) in [4.78, 5) is 15.9. The molecule has 1 N–H and O–H groups in total. The van der Waals surface area contributed by atoms with E-state index in [0.717, 1.165) is 12.1 Å². The lowest BCUT2D eigenvalue weighted by atomic mass is 9.98. The van der Waals surface area contributed by atoms with Crippen molar-refractivity contribution in [1.29, 1.82) is 0 Å². The van der Waals surface area contributed by atoms with Crippen LogP contribution in [0.4, 0.5) is 8.78 Å². The number of aryl methyl sites for hydroxylation is 1. The molecule has 0 atom stereocenters. The minimum absolute atomic E-state index is 0.0315. The quantitative estimate of drug-likeness (QED) is 0.864. The molecule has 0 aliphatic heterocycles. The van der Waals surface area contributed by atoms with Gasteiger partial charge in [-0.2, -0.15) is 0 Å². The Labute approximate surface area is 119 Å². The van der Waals surface area contributed by atoms with E-state index in [1.807, 2.05) is 0 Å². The molecule has 104 valence electrons. The molecule has 0 fully saturated rings. The Bertz CT molecular complexity index is 689. The van der Waals surface area contributed by atoms with Crippen LogP contribution in [0.15, 0.2) is 24.4 Å². The van der Waals surface area contributed by atoms with Gasteiger partial charge in [0.05, 0.1) is 16.3 Å². The van der Waals surface area contributed by atoms with Crippen LogP contribution in [-0.4, -0.2) is 17.9 Å². The monoisotopic (exact) mass is 296 g/mol. The fourth-order valence-corrected chi connectivity index (χ4v) is 2.08. The highest BCUT2D eigenvalue weighted by molar-refractivity contribution is 6.30. The number of halogens is 3. The molecule has 0 aliphatic carbocycles. The number of carbonyl (C=O) groups is 1. The summed E-state index contributed by atoms with van der Waals surface area (Å²) in [5.74, 6) is -1.87. The summed E-state index contributed by atoms with van der Waals surface area (Å²) in [6.45, 7) is 1.62. The molecule has 1 aromatic heterocycles. The van der Waals surface area contributed by atoms with Crippen molar-refractivity contribution in [3.05, 3.63) is 52.3 Å². The normalized spacial score (nSPS) is 10.4. The van der Waals surface area contributed by atoms with E-state index < -0.39 is 17.5 Å². The van der Waals surface area contributed by atoms with Gasteiger partial charge in [-0.3, -0.25) is 9.78 Å². The lowest BCUT2D eigenvalue weighted by Gasteiger charge is -2.12. The van der Waals surface area contributed by atoms with E-state index in [9.17, 15) is 13.6 Å². The number of nitrogens with one attached hydrogen (secondary N) is 1. The van der Waals surface area contributed by atoms with E-state index in [0.29, 0.717) is 5.69 Å². The van der Waals surface area contributed by atoms with Crippen molar-refractivity contribution in [3.8, 4) is 11.1 Å². The van der Waals surface area contributed by atoms with Crippen LogP contribution in [0, 0.1) is 18.6 Å². The number of carbonyl (C=O) groups excluding carboxylic acids is 1. The minimum Gasteiger partial charge on any atom is -0.355 e. The number of pyridine rings is 1. The highest BCUT2D eigenvalue weighted by Crippen LogP contribution is 2.30. The summed E-state index contributed by atoms with van der Waals surface area (Å²) in [5, 5.41) is 2.15. The molecule has 3 nitrogen and oxygen atoms in total. The molecule has 1 amide bonds. The molecule has 20 heavy (non-hydrogen) atoms. The van der Waals surface area contributed by atoms with Crippen molar-refractivity contribution in [2.24, 2.45) is 0 Å². The number of rotatable bonds is 2. The lowest BCUT2D eigenvalue weighted by molar-refractivity contribution is 0.0962. The van der Waals surface area contributed by atoms with Crippen molar-refractivity contribution < 1.29 is 13.6 Å². The van der Waals surface area contributed by atoms with Crippen LogP contribution in [0.2, 0.25) is 5.02 Å². The zero-order chi connectivity index (χ0) is 14.9. The van der Waals surface area contributed by atoms with E-state index >= 15 is 0 Å². The Kier molecular flexibility index (Phi) is 3.99. The Morgan fingerprint density at radius 3 is 2.60 bits per heavy atom. The first-order chi connectivity index (χ1) is 9.45. The number of nitrogens with zero attached hydrogens (tertiary/aromatic N) is 1. The topological polar surface area (TPSA) is 42.0 Å². The Morgan fingerprint density at radius 2 is 1.95 bits per heavy atom. The first-order valence-corrected chi connectivity index (χ1v) is 6.16. The predicted molar refractivity (Wildman–Crippen MR) is 72.7 cm³/mol. The van der Waals surface area contributed by atoms with Crippen LogP contribution in [0.3, 0.4) is 0 Å². The zero-order valence-electron chi connectivity index (χ0n) is 10.8. The van der Waals surface area contributed by atoms with Gasteiger partial charge in [0.15, 0.2) is 0 Å². The molecule has 0 saturated heterocycles. The van der Waals surface area contributed by atoms with Crippen LogP contribution in [0.25, 0.3) is 11.1 Å². The summed E-state index contributed by atoms with van der Waals surface area (Å²) < 4.78 is 27.5. The van der Waals surface area contributed by atoms with Crippen LogP contribution < -0.4 is 5.32 Å². The summed E-state index contributed by atoms with van der Waals surface area (Å²) in [5.41, 5.74) is 0.869. The Balaban J connectivity index is 2.73. The number of amides is 1. The minimum atomic E-state index is -0.750. The number of aromatic nitrogens is 1. The van der Waals surface area contributed by atoms with Gasteiger partial charge in [-0.1, -0.05) is 11.6 Å². The molecule has 1 aromatic carbocycles. The number of hydrogen-bond donors (Lipinski definition) is 1. The summed E-state index contributed by atoms with van der Waals surface area (Å²) in [6.07, 6.45) is 1.43. The number of benzene rings is 1. The van der Waals surface area contributed by atoms with E-state index in [2.05, 4.69) is 10.3 Å². The first-order valence-electron chi connectivity index (χ1n) is 5.78. The van der Waals surface area contributed by atoms with Crippen molar-refractivity contribution in [2.45, 2.75) is 6.92 Å². The van der Waals surface area contributed by atoms with Gasteiger partial charge in [-0.25, -0.2) is 8.78 Å². The average molecular weight is 297 g/mol. The van der Waals surface area contributed by atoms with Gasteiger partial charge in [0.2, 0.25) is 0 Å². The second-order valence-corrected chi connectivity index (χ2v) is 4.55. The first kappa shape index (κ1) is 14.4. The lowest BCUT2D eigenvalue weighted by Crippen LogP contribution is -2.20. The largest absolute Gasteiger partial charge is 0.355 e. The molecular weight excluding hydrogens is 286 g/mol. The number of hydrogen-bond acceptors (Lipinski definition) is 2. The molecule has 0 aliphatic rings. The van der Waals surface area contributed by atoms with E-state index in [1.54, 1.807) is 6.92 Å². The van der Waals surface area contributed by atoms with Crippen LogP contribution >= 0.6 is 11.6 Å².